The van der Waals surface area contributed by atoms with Gasteiger partial charge >= 0.3 is 0 Å². The highest BCUT2D eigenvalue weighted by Gasteiger charge is 2.36. The lowest BCUT2D eigenvalue weighted by molar-refractivity contribution is -0.134. The van der Waals surface area contributed by atoms with E-state index in [0.29, 0.717) is 37.1 Å². The van der Waals surface area contributed by atoms with E-state index in [-0.39, 0.29) is 6.10 Å². The molecule has 2 fully saturated rings. The molecule has 13 heteroatoms. The molecule has 0 unspecified atom stereocenters. The lowest BCUT2D eigenvalue weighted by atomic mass is 9.96. The number of nitrogen functional groups attached to an aromatic ring is 1. The molecule has 1 aromatic carbocycles. The average Bonchev–Trinajstić information content (AvgIpc) is 3.53. The van der Waals surface area contributed by atoms with E-state index in [2.05, 4.69) is 47.2 Å². The molecule has 0 radical (unpaired) electrons. The molecule has 2 aliphatic rings. The number of rotatable bonds is 6. The summed E-state index contributed by atoms with van der Waals surface area (Å²) in [5.74, 6) is 0.207. The number of nitrogens with two attached hydrogens (primary N) is 1. The van der Waals surface area contributed by atoms with Gasteiger partial charge in [-0.15, -0.1) is 5.10 Å². The van der Waals surface area contributed by atoms with E-state index >= 15 is 0 Å². The number of carbonyl (C=O) groups is 1. The van der Waals surface area contributed by atoms with Crippen molar-refractivity contribution in [2.24, 2.45) is 0 Å². The molecule has 2 saturated heterocycles. The lowest BCUT2D eigenvalue weighted by Gasteiger charge is -2.46. The smallest absolute Gasteiger partial charge is 0.300 e. The fourth-order valence-electron chi connectivity index (χ4n) is 4.75. The second kappa shape index (κ2) is 12.2. The fourth-order valence-corrected chi connectivity index (χ4v) is 4.87. The van der Waals surface area contributed by atoms with Gasteiger partial charge in [-0.3, -0.25) is 14.4 Å². The molecule has 12 nitrogen and oxygen atoms in total. The van der Waals surface area contributed by atoms with E-state index < -0.39 is 5.97 Å². The van der Waals surface area contributed by atoms with E-state index in [1.54, 1.807) is 12.7 Å². The van der Waals surface area contributed by atoms with Crippen LogP contribution in [0, 0.1) is 0 Å². The minimum absolute atomic E-state index is 0.0870. The van der Waals surface area contributed by atoms with Crippen molar-refractivity contribution in [3.8, 4) is 0 Å². The van der Waals surface area contributed by atoms with Crippen LogP contribution in [-0.2, 0) is 22.5 Å². The SMILES string of the molecule is CC(=O)O.Nc1nc(N2CCC(N3C[C@H](Cn4cncn4)OC[C@@H]3Cc3ccc(Cl)cc3)CC2)n[nH]1. The van der Waals surface area contributed by atoms with Gasteiger partial charge in [0.1, 0.15) is 12.7 Å². The Balaban J connectivity index is 0.000000709. The summed E-state index contributed by atoms with van der Waals surface area (Å²) in [5.41, 5.74) is 6.98. The van der Waals surface area contributed by atoms with Gasteiger partial charge < -0.3 is 20.5 Å². The molecule has 0 saturated carbocycles. The standard InChI is InChI=1S/C21H28ClN9O.C2H4O2/c22-16-3-1-15(2-4-16)9-18-12-32-19(10-30-14-24-13-25-30)11-31(18)17-5-7-29(8-6-17)21-26-20(23)27-28-21;1-2(3)4/h1-4,13-14,17-19H,5-12H2,(H3,23,26,27,28);1H3,(H,3,4)/t18-,19-;/m0./s1. The Morgan fingerprint density at radius 1 is 1.28 bits per heavy atom. The number of H-pyrrole nitrogens is 1. The Morgan fingerprint density at radius 3 is 2.61 bits per heavy atom. The Kier molecular flexibility index (Phi) is 8.73. The molecule has 0 bridgehead atoms. The van der Waals surface area contributed by atoms with Gasteiger partial charge in [0.2, 0.25) is 11.9 Å². The number of halogens is 1. The number of nitrogens with zero attached hydrogens (tertiary/aromatic N) is 7. The van der Waals surface area contributed by atoms with Crippen molar-refractivity contribution in [1.29, 1.82) is 0 Å². The number of anilines is 2. The Hall–Kier alpha value is -3.22. The Labute approximate surface area is 214 Å². The number of aromatic amines is 1. The Bertz CT molecular complexity index is 1080. The molecule has 5 rings (SSSR count). The first-order chi connectivity index (χ1) is 17.4. The minimum atomic E-state index is -0.833. The molecular weight excluding hydrogens is 486 g/mol. The van der Waals surface area contributed by atoms with Crippen LogP contribution in [0.2, 0.25) is 5.02 Å². The fraction of sp³-hybridized carbons (Fsp3) is 0.522. The maximum atomic E-state index is 9.00. The number of piperidine rings is 1. The van der Waals surface area contributed by atoms with Gasteiger partial charge in [-0.1, -0.05) is 23.7 Å². The van der Waals surface area contributed by atoms with Crippen molar-refractivity contribution in [2.45, 2.75) is 50.9 Å². The summed E-state index contributed by atoms with van der Waals surface area (Å²) in [4.78, 5) is 22.2. The predicted molar refractivity (Wildman–Crippen MR) is 135 cm³/mol. The van der Waals surface area contributed by atoms with E-state index in [4.69, 9.17) is 32.0 Å². The summed E-state index contributed by atoms with van der Waals surface area (Å²) < 4.78 is 8.12. The molecule has 0 spiro atoms. The molecule has 0 aliphatic carbocycles. The van der Waals surface area contributed by atoms with Gasteiger partial charge in [0, 0.05) is 43.7 Å². The van der Waals surface area contributed by atoms with Crippen LogP contribution in [0.1, 0.15) is 25.3 Å². The van der Waals surface area contributed by atoms with Crippen LogP contribution >= 0.6 is 11.6 Å². The number of hydrogen-bond donors (Lipinski definition) is 3. The quantitative estimate of drug-likeness (QED) is 0.440. The predicted octanol–water partition coefficient (Wildman–Crippen LogP) is 1.70. The van der Waals surface area contributed by atoms with Gasteiger partial charge in [-0.25, -0.2) is 10.1 Å². The van der Waals surface area contributed by atoms with E-state index in [9.17, 15) is 0 Å². The highest BCUT2D eigenvalue weighted by Crippen LogP contribution is 2.27. The zero-order valence-electron chi connectivity index (χ0n) is 20.2. The maximum Gasteiger partial charge on any atom is 0.300 e. The monoisotopic (exact) mass is 517 g/mol. The van der Waals surface area contributed by atoms with Crippen molar-refractivity contribution >= 4 is 29.5 Å². The van der Waals surface area contributed by atoms with Crippen LogP contribution in [0.25, 0.3) is 0 Å². The van der Waals surface area contributed by atoms with Crippen molar-refractivity contribution in [1.82, 2.24) is 34.8 Å². The zero-order valence-corrected chi connectivity index (χ0v) is 21.0. The number of carboxylic acids is 1. The van der Waals surface area contributed by atoms with Crippen molar-refractivity contribution in [2.75, 3.05) is 36.9 Å². The van der Waals surface area contributed by atoms with Crippen LogP contribution in [0.4, 0.5) is 11.9 Å². The van der Waals surface area contributed by atoms with Crippen LogP contribution in [0.3, 0.4) is 0 Å². The molecule has 3 aromatic rings. The first kappa shape index (κ1) is 25.9. The molecule has 2 atom stereocenters. The van der Waals surface area contributed by atoms with Crippen LogP contribution in [0.5, 0.6) is 0 Å². The van der Waals surface area contributed by atoms with Gasteiger partial charge in [0.15, 0.2) is 0 Å². The van der Waals surface area contributed by atoms with Crippen LogP contribution in [0.15, 0.2) is 36.9 Å². The molecule has 2 aromatic heterocycles. The molecule has 194 valence electrons. The van der Waals surface area contributed by atoms with Crippen LogP contribution in [-0.4, -0.2) is 90.4 Å². The highest BCUT2D eigenvalue weighted by molar-refractivity contribution is 6.30. The van der Waals surface area contributed by atoms with E-state index in [0.717, 1.165) is 50.8 Å². The van der Waals surface area contributed by atoms with E-state index in [1.807, 2.05) is 16.8 Å². The third kappa shape index (κ3) is 7.15. The van der Waals surface area contributed by atoms with Crippen molar-refractivity contribution in [3.05, 3.63) is 47.5 Å². The molecule has 2 aliphatic heterocycles. The number of carboxylic acid groups (broad SMARTS) is 1. The Morgan fingerprint density at radius 2 is 2.00 bits per heavy atom. The average molecular weight is 518 g/mol. The summed E-state index contributed by atoms with van der Waals surface area (Å²) in [7, 11) is 0. The van der Waals surface area contributed by atoms with Crippen molar-refractivity contribution in [3.63, 3.8) is 0 Å². The number of aromatic nitrogens is 6. The molecule has 0 amide bonds. The topological polar surface area (TPSA) is 151 Å². The normalized spacial score (nSPS) is 21.1. The second-order valence-corrected chi connectivity index (χ2v) is 9.45. The summed E-state index contributed by atoms with van der Waals surface area (Å²) in [6, 6.07) is 8.93. The zero-order chi connectivity index (χ0) is 25.5. The maximum absolute atomic E-state index is 9.00. The summed E-state index contributed by atoms with van der Waals surface area (Å²) in [6.45, 7) is 5.16. The van der Waals surface area contributed by atoms with Gasteiger partial charge in [-0.2, -0.15) is 10.1 Å². The van der Waals surface area contributed by atoms with Gasteiger partial charge in [0.05, 0.1) is 19.3 Å². The van der Waals surface area contributed by atoms with Crippen LogP contribution < -0.4 is 10.6 Å². The molecule has 4 N–H and O–H groups in total. The number of aliphatic carboxylic acids is 1. The second-order valence-electron chi connectivity index (χ2n) is 9.01. The van der Waals surface area contributed by atoms with Crippen molar-refractivity contribution < 1.29 is 14.6 Å². The minimum Gasteiger partial charge on any atom is -0.481 e. The number of hydrogen-bond acceptors (Lipinski definition) is 9. The first-order valence-corrected chi connectivity index (χ1v) is 12.3. The number of benzene rings is 1. The molecular formula is C23H32ClN9O3. The largest absolute Gasteiger partial charge is 0.481 e. The summed E-state index contributed by atoms with van der Waals surface area (Å²) in [5, 5.41) is 19.4. The summed E-state index contributed by atoms with van der Waals surface area (Å²) >= 11 is 6.08. The molecule has 36 heavy (non-hydrogen) atoms. The molecule has 4 heterocycles. The first-order valence-electron chi connectivity index (χ1n) is 11.9. The van der Waals surface area contributed by atoms with Gasteiger partial charge in [0.25, 0.3) is 5.97 Å². The lowest BCUT2D eigenvalue weighted by Crippen LogP contribution is -2.57. The highest BCUT2D eigenvalue weighted by atomic mass is 35.5. The number of ether oxygens (including phenoxy) is 1. The third-order valence-corrected chi connectivity index (χ3v) is 6.61. The summed E-state index contributed by atoms with van der Waals surface area (Å²) in [6.07, 6.45) is 6.42. The van der Waals surface area contributed by atoms with Gasteiger partial charge in [-0.05, 0) is 37.0 Å². The number of nitrogens with one attached hydrogen (secondary N) is 1. The third-order valence-electron chi connectivity index (χ3n) is 6.36. The van der Waals surface area contributed by atoms with E-state index in [1.165, 1.54) is 5.56 Å². The number of morpholine rings is 1.